The topological polar surface area (TPSA) is 41.5 Å². The number of methoxy groups -OCH3 is 1. The SMILES string of the molecule is COc1cc(C)c([C@@]2(C)CC[C@@H]3C(C)(C)NCCC[C@@]3(C)C2)c(O)c1. The third-order valence-electron chi connectivity index (χ3n) is 7.12. The Morgan fingerprint density at radius 1 is 1.16 bits per heavy atom. The van der Waals surface area contributed by atoms with Crippen LogP contribution in [0.15, 0.2) is 12.1 Å². The molecule has 0 unspecified atom stereocenters. The van der Waals surface area contributed by atoms with Crippen molar-refractivity contribution in [1.29, 1.82) is 0 Å². The molecule has 0 amide bonds. The number of aromatic hydroxyl groups is 1. The first-order chi connectivity index (χ1) is 11.6. The fourth-order valence-electron chi connectivity index (χ4n) is 6.29. The van der Waals surface area contributed by atoms with E-state index in [9.17, 15) is 5.11 Å². The average molecular weight is 346 g/mol. The molecule has 1 heterocycles. The number of hydrogen-bond acceptors (Lipinski definition) is 3. The zero-order valence-corrected chi connectivity index (χ0v) is 16.8. The summed E-state index contributed by atoms with van der Waals surface area (Å²) >= 11 is 0. The molecule has 1 saturated carbocycles. The van der Waals surface area contributed by atoms with Crippen molar-refractivity contribution in [2.45, 2.75) is 77.7 Å². The van der Waals surface area contributed by atoms with Gasteiger partial charge in [0.15, 0.2) is 0 Å². The maximum Gasteiger partial charge on any atom is 0.123 e. The quantitative estimate of drug-likeness (QED) is 0.798. The molecule has 3 heteroatoms. The molecule has 1 saturated heterocycles. The third-order valence-corrected chi connectivity index (χ3v) is 7.12. The minimum Gasteiger partial charge on any atom is -0.507 e. The molecule has 0 bridgehead atoms. The predicted molar refractivity (Wildman–Crippen MR) is 104 cm³/mol. The van der Waals surface area contributed by atoms with E-state index in [0.717, 1.165) is 36.3 Å². The molecule has 1 aromatic rings. The molecule has 0 radical (unpaired) electrons. The number of aryl methyl sites for hydroxylation is 1. The first-order valence-corrected chi connectivity index (χ1v) is 9.74. The molecule has 3 atom stereocenters. The van der Waals surface area contributed by atoms with Gasteiger partial charge in [0.05, 0.1) is 7.11 Å². The Balaban J connectivity index is 2.00. The van der Waals surface area contributed by atoms with Crippen LogP contribution >= 0.6 is 0 Å². The standard InChI is InChI=1S/C22H35NO2/c1-15-12-16(25-6)13-17(24)19(15)22(5)10-8-18-20(2,3)23-11-7-9-21(18,4)14-22/h12-13,18,23-24H,7-11,14H2,1-6H3/t18-,21+,22+/m1/s1. The molecule has 2 N–H and O–H groups in total. The molecule has 1 aromatic carbocycles. The molecule has 25 heavy (non-hydrogen) atoms. The van der Waals surface area contributed by atoms with Crippen molar-refractivity contribution in [3.63, 3.8) is 0 Å². The van der Waals surface area contributed by atoms with Gasteiger partial charge in [-0.05, 0) is 87.8 Å². The van der Waals surface area contributed by atoms with Crippen LogP contribution in [0.3, 0.4) is 0 Å². The van der Waals surface area contributed by atoms with Gasteiger partial charge < -0.3 is 15.2 Å². The molecular weight excluding hydrogens is 310 g/mol. The number of ether oxygens (including phenoxy) is 1. The van der Waals surface area contributed by atoms with E-state index < -0.39 is 0 Å². The molecule has 2 aliphatic rings. The van der Waals surface area contributed by atoms with Gasteiger partial charge in [-0.3, -0.25) is 0 Å². The summed E-state index contributed by atoms with van der Waals surface area (Å²) in [5, 5.41) is 14.6. The Kier molecular flexibility index (Phi) is 4.60. The van der Waals surface area contributed by atoms with Gasteiger partial charge in [-0.25, -0.2) is 0 Å². The summed E-state index contributed by atoms with van der Waals surface area (Å²) in [6.07, 6.45) is 5.97. The lowest BCUT2D eigenvalue weighted by molar-refractivity contribution is 0.0142. The predicted octanol–water partition coefficient (Wildman–Crippen LogP) is 4.94. The Bertz CT molecular complexity index is 630. The van der Waals surface area contributed by atoms with Crippen molar-refractivity contribution in [3.8, 4) is 11.5 Å². The average Bonchev–Trinajstić information content (AvgIpc) is 2.61. The molecular formula is C22H35NO2. The molecule has 3 nitrogen and oxygen atoms in total. The highest BCUT2D eigenvalue weighted by molar-refractivity contribution is 5.49. The normalized spacial score (nSPS) is 34.9. The number of benzene rings is 1. The Morgan fingerprint density at radius 3 is 2.52 bits per heavy atom. The summed E-state index contributed by atoms with van der Waals surface area (Å²) in [6.45, 7) is 12.8. The van der Waals surface area contributed by atoms with Gasteiger partial charge in [0.1, 0.15) is 11.5 Å². The number of phenols is 1. The van der Waals surface area contributed by atoms with Crippen molar-refractivity contribution in [2.75, 3.05) is 13.7 Å². The van der Waals surface area contributed by atoms with Crippen molar-refractivity contribution < 1.29 is 9.84 Å². The summed E-state index contributed by atoms with van der Waals surface area (Å²) in [6, 6.07) is 3.84. The molecule has 0 spiro atoms. The van der Waals surface area contributed by atoms with Gasteiger partial charge in [-0.1, -0.05) is 13.8 Å². The van der Waals surface area contributed by atoms with Crippen molar-refractivity contribution >= 4 is 0 Å². The Labute approximate surface area is 153 Å². The van der Waals surface area contributed by atoms with E-state index in [2.05, 4.69) is 46.0 Å². The lowest BCUT2D eigenvalue weighted by atomic mass is 9.52. The van der Waals surface area contributed by atoms with Crippen LogP contribution in [0, 0.1) is 18.3 Å². The summed E-state index contributed by atoms with van der Waals surface area (Å²) in [4.78, 5) is 0. The number of hydrogen-bond donors (Lipinski definition) is 2. The van der Waals surface area contributed by atoms with Crippen LogP contribution in [0.5, 0.6) is 11.5 Å². The van der Waals surface area contributed by atoms with Crippen LogP contribution in [0.25, 0.3) is 0 Å². The van der Waals surface area contributed by atoms with E-state index in [1.807, 2.05) is 0 Å². The van der Waals surface area contributed by atoms with Gasteiger partial charge in [0.2, 0.25) is 0 Å². The van der Waals surface area contributed by atoms with Crippen LogP contribution in [-0.4, -0.2) is 24.3 Å². The molecule has 0 aromatic heterocycles. The van der Waals surface area contributed by atoms with Gasteiger partial charge in [-0.2, -0.15) is 0 Å². The number of fused-ring (bicyclic) bond motifs is 1. The highest BCUT2D eigenvalue weighted by Crippen LogP contribution is 2.58. The zero-order valence-electron chi connectivity index (χ0n) is 16.8. The minimum absolute atomic E-state index is 0.0199. The van der Waals surface area contributed by atoms with E-state index in [4.69, 9.17) is 4.74 Å². The monoisotopic (exact) mass is 345 g/mol. The molecule has 1 aliphatic carbocycles. The number of rotatable bonds is 2. The molecule has 140 valence electrons. The molecule has 1 aliphatic heterocycles. The highest BCUT2D eigenvalue weighted by Gasteiger charge is 2.52. The first kappa shape index (κ1) is 18.6. The van der Waals surface area contributed by atoms with Crippen LogP contribution in [0.2, 0.25) is 0 Å². The third kappa shape index (κ3) is 3.16. The van der Waals surface area contributed by atoms with Crippen LogP contribution in [-0.2, 0) is 5.41 Å². The maximum atomic E-state index is 10.8. The zero-order chi connectivity index (χ0) is 18.5. The Hall–Kier alpha value is -1.22. The number of phenolic OH excluding ortho intramolecular Hbond substituents is 1. The highest BCUT2D eigenvalue weighted by atomic mass is 16.5. The molecule has 2 fully saturated rings. The van der Waals surface area contributed by atoms with Crippen molar-refractivity contribution in [2.24, 2.45) is 11.3 Å². The fourth-order valence-corrected chi connectivity index (χ4v) is 6.29. The summed E-state index contributed by atoms with van der Waals surface area (Å²) in [7, 11) is 1.66. The van der Waals surface area contributed by atoms with Crippen LogP contribution in [0.4, 0.5) is 0 Å². The minimum atomic E-state index is 0.0199. The maximum absolute atomic E-state index is 10.8. The van der Waals surface area contributed by atoms with E-state index in [0.29, 0.717) is 17.1 Å². The second kappa shape index (κ2) is 6.19. The van der Waals surface area contributed by atoms with Crippen LogP contribution in [0.1, 0.15) is 70.9 Å². The van der Waals surface area contributed by atoms with Gasteiger partial charge in [0, 0.05) is 17.2 Å². The van der Waals surface area contributed by atoms with E-state index in [1.165, 1.54) is 19.3 Å². The van der Waals surface area contributed by atoms with E-state index >= 15 is 0 Å². The lowest BCUT2D eigenvalue weighted by Gasteiger charge is -2.54. The van der Waals surface area contributed by atoms with Crippen molar-refractivity contribution in [1.82, 2.24) is 5.32 Å². The van der Waals surface area contributed by atoms with E-state index in [1.54, 1.807) is 13.2 Å². The van der Waals surface area contributed by atoms with Gasteiger partial charge in [0.25, 0.3) is 0 Å². The molecule has 3 rings (SSSR count). The van der Waals surface area contributed by atoms with Crippen LogP contribution < -0.4 is 10.1 Å². The smallest absolute Gasteiger partial charge is 0.123 e. The number of nitrogens with one attached hydrogen (secondary N) is 1. The first-order valence-electron chi connectivity index (χ1n) is 9.74. The lowest BCUT2D eigenvalue weighted by Crippen LogP contribution is -2.54. The van der Waals surface area contributed by atoms with Gasteiger partial charge >= 0.3 is 0 Å². The fraction of sp³-hybridized carbons (Fsp3) is 0.727. The largest absolute Gasteiger partial charge is 0.507 e. The summed E-state index contributed by atoms with van der Waals surface area (Å²) in [5.74, 6) is 1.81. The van der Waals surface area contributed by atoms with E-state index in [-0.39, 0.29) is 11.0 Å². The van der Waals surface area contributed by atoms with Crippen molar-refractivity contribution in [3.05, 3.63) is 23.3 Å². The summed E-state index contributed by atoms with van der Waals surface area (Å²) < 4.78 is 5.33. The van der Waals surface area contributed by atoms with Gasteiger partial charge in [-0.15, -0.1) is 0 Å². The second-order valence-electron chi connectivity index (χ2n) is 9.57. The second-order valence-corrected chi connectivity index (χ2v) is 9.57. The Morgan fingerprint density at radius 2 is 1.88 bits per heavy atom. The summed E-state index contributed by atoms with van der Waals surface area (Å²) in [5.41, 5.74) is 2.78.